The molecule has 0 saturated heterocycles. The quantitative estimate of drug-likeness (QED) is 0.224. The molecule has 0 aromatic carbocycles. The Balaban J connectivity index is 3.49. The predicted octanol–water partition coefficient (Wildman–Crippen LogP) is 5.07. The zero-order chi connectivity index (χ0) is 18.1. The monoisotopic (exact) mass is 339 g/mol. The average Bonchev–Trinajstić information content (AvgIpc) is 2.54. The number of rotatable bonds is 17. The van der Waals surface area contributed by atoms with E-state index in [0.29, 0.717) is 6.42 Å². The molecule has 0 aliphatic heterocycles. The summed E-state index contributed by atoms with van der Waals surface area (Å²) in [7, 11) is 4.54. The van der Waals surface area contributed by atoms with E-state index in [1.165, 1.54) is 64.3 Å². The van der Waals surface area contributed by atoms with Gasteiger partial charge in [0.2, 0.25) is 5.91 Å². The second-order valence-electron chi connectivity index (χ2n) is 7.74. The summed E-state index contributed by atoms with van der Waals surface area (Å²) in [6.07, 6.45) is 16.4. The molecule has 0 heterocycles. The number of amides is 1. The standard InChI is InChI=1S/C21H42N2O/c1-5-7-9-11-12-13-14-15-17-21(24)22-18-20-23(3,4)19-16-10-8-6-2/h5H,1,6-20H2,2-4H3/p+1. The van der Waals surface area contributed by atoms with Gasteiger partial charge in [-0.3, -0.25) is 4.79 Å². The van der Waals surface area contributed by atoms with Gasteiger partial charge in [-0.2, -0.15) is 0 Å². The minimum Gasteiger partial charge on any atom is -0.350 e. The van der Waals surface area contributed by atoms with Gasteiger partial charge in [0, 0.05) is 6.42 Å². The van der Waals surface area contributed by atoms with Gasteiger partial charge in [-0.1, -0.05) is 51.5 Å². The molecule has 0 aromatic rings. The highest BCUT2D eigenvalue weighted by atomic mass is 16.1. The summed E-state index contributed by atoms with van der Waals surface area (Å²) < 4.78 is 1.01. The van der Waals surface area contributed by atoms with Gasteiger partial charge in [-0.25, -0.2) is 0 Å². The van der Waals surface area contributed by atoms with Crippen LogP contribution in [0.1, 0.15) is 84.0 Å². The second-order valence-corrected chi connectivity index (χ2v) is 7.74. The largest absolute Gasteiger partial charge is 0.350 e. The van der Waals surface area contributed by atoms with E-state index in [1.54, 1.807) is 0 Å². The highest BCUT2D eigenvalue weighted by Gasteiger charge is 2.14. The van der Waals surface area contributed by atoms with Gasteiger partial charge in [0.25, 0.3) is 0 Å². The first-order valence-corrected chi connectivity index (χ1v) is 10.2. The zero-order valence-electron chi connectivity index (χ0n) is 16.7. The van der Waals surface area contributed by atoms with Gasteiger partial charge < -0.3 is 9.80 Å². The van der Waals surface area contributed by atoms with Crippen LogP contribution in [0.25, 0.3) is 0 Å². The molecule has 0 rings (SSSR count). The summed E-state index contributed by atoms with van der Waals surface area (Å²) in [6.45, 7) is 9.04. The van der Waals surface area contributed by atoms with Crippen LogP contribution in [0.15, 0.2) is 12.7 Å². The third-order valence-corrected chi connectivity index (χ3v) is 4.72. The summed E-state index contributed by atoms with van der Waals surface area (Å²) in [6, 6.07) is 0. The minimum absolute atomic E-state index is 0.229. The van der Waals surface area contributed by atoms with E-state index in [1.807, 2.05) is 6.08 Å². The van der Waals surface area contributed by atoms with Crippen LogP contribution in [-0.4, -0.2) is 44.1 Å². The molecule has 1 N–H and O–H groups in total. The molecule has 0 aliphatic carbocycles. The SMILES string of the molecule is C=CCCCCCCCCC(=O)NCC[N+](C)(C)CCCCCC. The molecule has 24 heavy (non-hydrogen) atoms. The van der Waals surface area contributed by atoms with Crippen LogP contribution in [-0.2, 0) is 4.79 Å². The Labute approximate surface area is 151 Å². The lowest BCUT2D eigenvalue weighted by molar-refractivity contribution is -0.889. The van der Waals surface area contributed by atoms with Crippen molar-refractivity contribution in [1.29, 1.82) is 0 Å². The van der Waals surface area contributed by atoms with Crippen molar-refractivity contribution in [3.05, 3.63) is 12.7 Å². The Morgan fingerprint density at radius 1 is 0.917 bits per heavy atom. The van der Waals surface area contributed by atoms with Crippen molar-refractivity contribution >= 4 is 5.91 Å². The molecule has 0 atom stereocenters. The van der Waals surface area contributed by atoms with Crippen molar-refractivity contribution in [2.75, 3.05) is 33.7 Å². The van der Waals surface area contributed by atoms with Crippen LogP contribution >= 0.6 is 0 Å². The topological polar surface area (TPSA) is 29.1 Å². The van der Waals surface area contributed by atoms with E-state index in [-0.39, 0.29) is 5.91 Å². The number of allylic oxidation sites excluding steroid dienone is 1. The number of nitrogens with zero attached hydrogens (tertiary/aromatic N) is 1. The highest BCUT2D eigenvalue weighted by Crippen LogP contribution is 2.09. The number of nitrogens with one attached hydrogen (secondary N) is 1. The minimum atomic E-state index is 0.229. The van der Waals surface area contributed by atoms with Gasteiger partial charge in [-0.05, 0) is 32.1 Å². The number of hydrogen-bond donors (Lipinski definition) is 1. The van der Waals surface area contributed by atoms with Crippen LogP contribution < -0.4 is 5.32 Å². The summed E-state index contributed by atoms with van der Waals surface area (Å²) >= 11 is 0. The fourth-order valence-electron chi connectivity index (χ4n) is 2.95. The van der Waals surface area contributed by atoms with E-state index in [0.717, 1.165) is 30.4 Å². The number of hydrogen-bond acceptors (Lipinski definition) is 1. The van der Waals surface area contributed by atoms with Crippen LogP contribution in [0, 0.1) is 0 Å². The second kappa shape index (κ2) is 15.7. The molecule has 0 unspecified atom stereocenters. The average molecular weight is 340 g/mol. The van der Waals surface area contributed by atoms with E-state index in [9.17, 15) is 4.79 Å². The molecule has 0 radical (unpaired) electrons. The molecule has 0 fully saturated rings. The maximum absolute atomic E-state index is 11.9. The number of carbonyl (C=O) groups excluding carboxylic acids is 1. The fourth-order valence-corrected chi connectivity index (χ4v) is 2.95. The lowest BCUT2D eigenvalue weighted by Crippen LogP contribution is -2.45. The maximum atomic E-state index is 11.9. The molecule has 3 nitrogen and oxygen atoms in total. The van der Waals surface area contributed by atoms with Gasteiger partial charge in [0.15, 0.2) is 0 Å². The predicted molar refractivity (Wildman–Crippen MR) is 106 cm³/mol. The van der Waals surface area contributed by atoms with Crippen molar-refractivity contribution in [3.8, 4) is 0 Å². The first-order valence-electron chi connectivity index (χ1n) is 10.2. The molecular formula is C21H43N2O+. The summed E-state index contributed by atoms with van der Waals surface area (Å²) in [5.41, 5.74) is 0. The van der Waals surface area contributed by atoms with E-state index in [2.05, 4.69) is 32.9 Å². The summed E-state index contributed by atoms with van der Waals surface area (Å²) in [5.74, 6) is 0.229. The van der Waals surface area contributed by atoms with Crippen molar-refractivity contribution in [2.45, 2.75) is 84.0 Å². The first kappa shape index (κ1) is 23.2. The van der Waals surface area contributed by atoms with Crippen molar-refractivity contribution in [2.24, 2.45) is 0 Å². The Morgan fingerprint density at radius 2 is 1.54 bits per heavy atom. The normalized spacial score (nSPS) is 11.5. The van der Waals surface area contributed by atoms with Crippen molar-refractivity contribution < 1.29 is 9.28 Å². The Bertz CT molecular complexity index is 313. The van der Waals surface area contributed by atoms with Gasteiger partial charge in [0.1, 0.15) is 0 Å². The Hall–Kier alpha value is -0.830. The van der Waals surface area contributed by atoms with Crippen LogP contribution in [0.3, 0.4) is 0 Å². The molecule has 0 saturated carbocycles. The first-order chi connectivity index (χ1) is 11.5. The highest BCUT2D eigenvalue weighted by molar-refractivity contribution is 5.75. The fraction of sp³-hybridized carbons (Fsp3) is 0.857. The Morgan fingerprint density at radius 3 is 2.21 bits per heavy atom. The molecule has 142 valence electrons. The van der Waals surface area contributed by atoms with E-state index >= 15 is 0 Å². The van der Waals surface area contributed by atoms with Gasteiger partial charge in [-0.15, -0.1) is 6.58 Å². The third kappa shape index (κ3) is 16.0. The van der Waals surface area contributed by atoms with Gasteiger partial charge in [0.05, 0.1) is 33.7 Å². The number of carbonyl (C=O) groups is 1. The molecule has 3 heteroatoms. The van der Waals surface area contributed by atoms with Crippen LogP contribution in [0.2, 0.25) is 0 Å². The van der Waals surface area contributed by atoms with Crippen LogP contribution in [0.5, 0.6) is 0 Å². The van der Waals surface area contributed by atoms with Crippen LogP contribution in [0.4, 0.5) is 0 Å². The van der Waals surface area contributed by atoms with Gasteiger partial charge >= 0.3 is 0 Å². The summed E-state index contributed by atoms with van der Waals surface area (Å²) in [4.78, 5) is 11.9. The summed E-state index contributed by atoms with van der Waals surface area (Å²) in [5, 5.41) is 3.09. The number of quaternary nitrogens is 1. The molecule has 0 bridgehead atoms. The molecule has 1 amide bonds. The number of unbranched alkanes of at least 4 members (excludes halogenated alkanes) is 9. The van der Waals surface area contributed by atoms with Crippen molar-refractivity contribution in [1.82, 2.24) is 5.32 Å². The molecule has 0 aromatic heterocycles. The zero-order valence-corrected chi connectivity index (χ0v) is 16.7. The lowest BCUT2D eigenvalue weighted by atomic mass is 10.1. The van der Waals surface area contributed by atoms with Crippen molar-refractivity contribution in [3.63, 3.8) is 0 Å². The molecule has 0 aliphatic rings. The number of likely N-dealkylation sites (N-methyl/N-ethyl adjacent to an activating group) is 1. The molecule has 0 spiro atoms. The van der Waals surface area contributed by atoms with E-state index in [4.69, 9.17) is 0 Å². The van der Waals surface area contributed by atoms with E-state index < -0.39 is 0 Å². The smallest absolute Gasteiger partial charge is 0.220 e. The third-order valence-electron chi connectivity index (χ3n) is 4.72. The maximum Gasteiger partial charge on any atom is 0.220 e. The molecular weight excluding hydrogens is 296 g/mol. The Kier molecular flexibility index (Phi) is 15.1. The lowest BCUT2D eigenvalue weighted by Gasteiger charge is -2.30.